The fourth-order valence-electron chi connectivity index (χ4n) is 2.53. The maximum absolute atomic E-state index is 12.5. The fraction of sp³-hybridized carbons (Fsp3) is 0.933. The molecule has 1 aliphatic rings. The standard InChI is InChI=1S/C15H31N3O/c1-6-12-11-17(5)8-7-9-18(12)14(19)10-13(16)15(2,3)4/h12-13H,6-11,16H2,1-5H3. The Morgan fingerprint density at radius 3 is 2.53 bits per heavy atom. The number of hydrogen-bond acceptors (Lipinski definition) is 3. The van der Waals surface area contributed by atoms with Gasteiger partial charge in [0.2, 0.25) is 5.91 Å². The molecule has 112 valence electrons. The Hall–Kier alpha value is -0.610. The van der Waals surface area contributed by atoms with Gasteiger partial charge in [-0.15, -0.1) is 0 Å². The summed E-state index contributed by atoms with van der Waals surface area (Å²) < 4.78 is 0. The molecule has 0 bridgehead atoms. The molecule has 2 N–H and O–H groups in total. The maximum Gasteiger partial charge on any atom is 0.224 e. The van der Waals surface area contributed by atoms with Crippen molar-refractivity contribution in [2.24, 2.45) is 11.1 Å². The van der Waals surface area contributed by atoms with Gasteiger partial charge < -0.3 is 15.5 Å². The molecule has 1 fully saturated rings. The second-order valence-electron chi connectivity index (χ2n) is 6.94. The molecule has 2 unspecified atom stereocenters. The quantitative estimate of drug-likeness (QED) is 0.848. The molecule has 0 aliphatic carbocycles. The lowest BCUT2D eigenvalue weighted by molar-refractivity contribution is -0.134. The Kier molecular flexibility index (Phi) is 5.81. The molecule has 4 heteroatoms. The molecule has 1 heterocycles. The van der Waals surface area contributed by atoms with Crippen LogP contribution in [0.1, 0.15) is 47.0 Å². The molecule has 1 amide bonds. The zero-order valence-electron chi connectivity index (χ0n) is 13.3. The van der Waals surface area contributed by atoms with Gasteiger partial charge in [-0.25, -0.2) is 0 Å². The largest absolute Gasteiger partial charge is 0.338 e. The predicted octanol–water partition coefficient (Wildman–Crippen LogP) is 1.69. The summed E-state index contributed by atoms with van der Waals surface area (Å²) in [6.07, 6.45) is 2.54. The van der Waals surface area contributed by atoms with Crippen molar-refractivity contribution in [3.63, 3.8) is 0 Å². The van der Waals surface area contributed by atoms with Gasteiger partial charge >= 0.3 is 0 Å². The Morgan fingerprint density at radius 2 is 2.00 bits per heavy atom. The average Bonchev–Trinajstić information content (AvgIpc) is 2.49. The van der Waals surface area contributed by atoms with Crippen LogP contribution in [0.4, 0.5) is 0 Å². The number of carbonyl (C=O) groups excluding carboxylic acids is 1. The summed E-state index contributed by atoms with van der Waals surface area (Å²) in [7, 11) is 2.14. The molecule has 0 spiro atoms. The number of rotatable bonds is 3. The van der Waals surface area contributed by atoms with Gasteiger partial charge in [-0.3, -0.25) is 4.79 Å². The Labute approximate surface area is 118 Å². The third-order valence-corrected chi connectivity index (χ3v) is 4.20. The number of hydrogen-bond donors (Lipinski definition) is 1. The molecule has 0 saturated carbocycles. The zero-order chi connectivity index (χ0) is 14.6. The smallest absolute Gasteiger partial charge is 0.224 e. The summed E-state index contributed by atoms with van der Waals surface area (Å²) in [5.41, 5.74) is 6.14. The number of amides is 1. The van der Waals surface area contributed by atoms with Gasteiger partial charge in [0, 0.05) is 31.6 Å². The number of nitrogens with two attached hydrogens (primary N) is 1. The monoisotopic (exact) mass is 269 g/mol. The third-order valence-electron chi connectivity index (χ3n) is 4.20. The molecule has 2 atom stereocenters. The van der Waals surface area contributed by atoms with Gasteiger partial charge in [0.05, 0.1) is 0 Å². The second kappa shape index (κ2) is 6.71. The van der Waals surface area contributed by atoms with Crippen LogP contribution in [0.2, 0.25) is 0 Å². The van der Waals surface area contributed by atoms with E-state index in [1.165, 1.54) is 0 Å². The van der Waals surface area contributed by atoms with Crippen molar-refractivity contribution in [1.82, 2.24) is 9.80 Å². The van der Waals surface area contributed by atoms with Crippen LogP contribution < -0.4 is 5.73 Å². The zero-order valence-corrected chi connectivity index (χ0v) is 13.3. The summed E-state index contributed by atoms with van der Waals surface area (Å²) in [5.74, 6) is 0.226. The molecular formula is C15H31N3O. The Bertz CT molecular complexity index is 298. The first kappa shape index (κ1) is 16.4. The van der Waals surface area contributed by atoms with Crippen molar-refractivity contribution in [2.75, 3.05) is 26.7 Å². The highest BCUT2D eigenvalue weighted by atomic mass is 16.2. The number of carbonyl (C=O) groups is 1. The first-order valence-electron chi connectivity index (χ1n) is 7.49. The van der Waals surface area contributed by atoms with Gasteiger partial charge in [0.25, 0.3) is 0 Å². The number of nitrogens with zero attached hydrogens (tertiary/aromatic N) is 2. The van der Waals surface area contributed by atoms with Crippen LogP contribution in [-0.2, 0) is 4.79 Å². The van der Waals surface area contributed by atoms with Crippen LogP contribution in [0.3, 0.4) is 0 Å². The minimum absolute atomic E-state index is 0.0139. The first-order chi connectivity index (χ1) is 8.75. The van der Waals surface area contributed by atoms with Crippen LogP contribution in [-0.4, -0.2) is 54.5 Å². The van der Waals surface area contributed by atoms with Crippen molar-refractivity contribution >= 4 is 5.91 Å². The van der Waals surface area contributed by atoms with Gasteiger partial charge in [0.15, 0.2) is 0 Å². The molecule has 1 rings (SSSR count). The molecule has 1 saturated heterocycles. The van der Waals surface area contributed by atoms with Gasteiger partial charge in [-0.1, -0.05) is 27.7 Å². The average molecular weight is 269 g/mol. The summed E-state index contributed by atoms with van der Waals surface area (Å²) >= 11 is 0. The topological polar surface area (TPSA) is 49.6 Å². The number of likely N-dealkylation sites (N-methyl/N-ethyl adjacent to an activating group) is 1. The fourth-order valence-corrected chi connectivity index (χ4v) is 2.53. The third kappa shape index (κ3) is 4.77. The lowest BCUT2D eigenvalue weighted by Gasteiger charge is -2.33. The normalized spacial score (nSPS) is 24.1. The van der Waals surface area contributed by atoms with Crippen molar-refractivity contribution in [3.05, 3.63) is 0 Å². The van der Waals surface area contributed by atoms with E-state index in [4.69, 9.17) is 5.73 Å². The SMILES string of the molecule is CCC1CN(C)CCCN1C(=O)CC(N)C(C)(C)C. The van der Waals surface area contributed by atoms with E-state index in [-0.39, 0.29) is 17.4 Å². The van der Waals surface area contributed by atoms with Crippen molar-refractivity contribution in [3.8, 4) is 0 Å². The predicted molar refractivity (Wildman–Crippen MR) is 80.0 cm³/mol. The van der Waals surface area contributed by atoms with E-state index in [2.05, 4.69) is 44.5 Å². The van der Waals surface area contributed by atoms with Crippen LogP contribution in [0, 0.1) is 5.41 Å². The van der Waals surface area contributed by atoms with Crippen LogP contribution >= 0.6 is 0 Å². The van der Waals surface area contributed by atoms with Crippen LogP contribution in [0.15, 0.2) is 0 Å². The van der Waals surface area contributed by atoms with Gasteiger partial charge in [0.1, 0.15) is 0 Å². The van der Waals surface area contributed by atoms with E-state index in [9.17, 15) is 4.79 Å². The Balaban J connectivity index is 2.68. The molecule has 0 aromatic rings. The molecule has 1 aliphatic heterocycles. The first-order valence-corrected chi connectivity index (χ1v) is 7.49. The second-order valence-corrected chi connectivity index (χ2v) is 6.94. The van der Waals surface area contributed by atoms with Crippen LogP contribution in [0.5, 0.6) is 0 Å². The minimum atomic E-state index is -0.0708. The van der Waals surface area contributed by atoms with Crippen LogP contribution in [0.25, 0.3) is 0 Å². The molecule has 0 aromatic carbocycles. The highest BCUT2D eigenvalue weighted by molar-refractivity contribution is 5.77. The lowest BCUT2D eigenvalue weighted by Crippen LogP contribution is -2.47. The molecule has 0 radical (unpaired) electrons. The molecule has 4 nitrogen and oxygen atoms in total. The van der Waals surface area contributed by atoms with Crippen molar-refractivity contribution < 1.29 is 4.79 Å². The lowest BCUT2D eigenvalue weighted by atomic mass is 9.85. The summed E-state index contributed by atoms with van der Waals surface area (Å²) in [6, 6.07) is 0.269. The van der Waals surface area contributed by atoms with E-state index in [0.717, 1.165) is 32.5 Å². The van der Waals surface area contributed by atoms with E-state index in [1.807, 2.05) is 0 Å². The molecular weight excluding hydrogens is 238 g/mol. The highest BCUT2D eigenvalue weighted by Crippen LogP contribution is 2.22. The minimum Gasteiger partial charge on any atom is -0.338 e. The summed E-state index contributed by atoms with van der Waals surface area (Å²) in [5, 5.41) is 0. The van der Waals surface area contributed by atoms with Crippen molar-refractivity contribution in [1.29, 1.82) is 0 Å². The summed E-state index contributed by atoms with van der Waals surface area (Å²) in [4.78, 5) is 16.9. The molecule has 0 aromatic heterocycles. The Morgan fingerprint density at radius 1 is 1.37 bits per heavy atom. The highest BCUT2D eigenvalue weighted by Gasteiger charge is 2.30. The molecule has 19 heavy (non-hydrogen) atoms. The van der Waals surface area contributed by atoms with E-state index >= 15 is 0 Å². The summed E-state index contributed by atoms with van der Waals surface area (Å²) in [6.45, 7) is 11.4. The van der Waals surface area contributed by atoms with E-state index < -0.39 is 0 Å². The van der Waals surface area contributed by atoms with Crippen molar-refractivity contribution in [2.45, 2.75) is 59.0 Å². The van der Waals surface area contributed by atoms with E-state index in [0.29, 0.717) is 12.5 Å². The van der Waals surface area contributed by atoms with Gasteiger partial charge in [-0.2, -0.15) is 0 Å². The van der Waals surface area contributed by atoms with Gasteiger partial charge in [-0.05, 0) is 31.8 Å². The van der Waals surface area contributed by atoms with E-state index in [1.54, 1.807) is 0 Å². The maximum atomic E-state index is 12.5.